The number of allylic oxidation sites excluding steroid dienone is 8. The van der Waals surface area contributed by atoms with Crippen LogP contribution in [0.2, 0.25) is 0 Å². The van der Waals surface area contributed by atoms with Crippen molar-refractivity contribution < 1.29 is 23.8 Å². The molecule has 1 unspecified atom stereocenters. The molecule has 60 heavy (non-hydrogen) atoms. The standard InChI is InChI=1S/C55H100O5/c1-4-7-10-13-16-19-22-25-28-30-33-36-39-42-45-48-54(56)59-52-53(51-58-50-47-44-41-38-35-32-27-24-21-18-15-12-9-6-3)60-55(57)49-46-43-40-37-34-31-29-26-23-20-17-14-11-8-5-2/h12,15-16,19,21,24-25,28,53H,4-11,13-14,17-18,20,22-23,26-27,29-52H2,1-3H3/b15-12-,19-16-,24-21-,28-25-. The molecule has 0 amide bonds. The third kappa shape index (κ3) is 48.5. The topological polar surface area (TPSA) is 61.8 Å². The van der Waals surface area contributed by atoms with E-state index in [4.69, 9.17) is 14.2 Å². The summed E-state index contributed by atoms with van der Waals surface area (Å²) in [5, 5.41) is 0. The van der Waals surface area contributed by atoms with E-state index in [0.29, 0.717) is 19.4 Å². The van der Waals surface area contributed by atoms with E-state index in [0.717, 1.165) is 64.2 Å². The molecule has 0 aromatic heterocycles. The molecule has 0 spiro atoms. The minimum atomic E-state index is -0.544. The van der Waals surface area contributed by atoms with Gasteiger partial charge in [0.1, 0.15) is 6.61 Å². The molecule has 0 saturated carbocycles. The van der Waals surface area contributed by atoms with Gasteiger partial charge in [-0.1, -0.05) is 223 Å². The molecule has 0 aliphatic carbocycles. The van der Waals surface area contributed by atoms with Gasteiger partial charge in [0.05, 0.1) is 6.61 Å². The smallest absolute Gasteiger partial charge is 0.306 e. The zero-order valence-corrected chi connectivity index (χ0v) is 40.2. The molecule has 0 N–H and O–H groups in total. The molecule has 0 aromatic carbocycles. The molecule has 0 heterocycles. The number of carbonyl (C=O) groups is 2. The third-order valence-electron chi connectivity index (χ3n) is 11.3. The highest BCUT2D eigenvalue weighted by Crippen LogP contribution is 2.15. The van der Waals surface area contributed by atoms with E-state index in [9.17, 15) is 9.59 Å². The predicted molar refractivity (Wildman–Crippen MR) is 261 cm³/mol. The number of esters is 2. The van der Waals surface area contributed by atoms with Crippen LogP contribution in [0.25, 0.3) is 0 Å². The summed E-state index contributed by atoms with van der Waals surface area (Å²) < 4.78 is 17.4. The highest BCUT2D eigenvalue weighted by molar-refractivity contribution is 5.70. The van der Waals surface area contributed by atoms with Gasteiger partial charge >= 0.3 is 11.9 Å². The first kappa shape index (κ1) is 57.9. The second-order valence-corrected chi connectivity index (χ2v) is 17.4. The molecule has 1 atom stereocenters. The SMILES string of the molecule is CCC/C=C\C/C=C\CCCCCCCCOCC(COC(=O)CCCCCCC/C=C\C/C=C\CCCCC)OC(=O)CCCCCCCCCCCCCCCCC. The maximum absolute atomic E-state index is 12.8. The highest BCUT2D eigenvalue weighted by atomic mass is 16.6. The van der Waals surface area contributed by atoms with Crippen LogP contribution in [0.5, 0.6) is 0 Å². The Kier molecular flexibility index (Phi) is 49.4. The molecule has 0 radical (unpaired) electrons. The van der Waals surface area contributed by atoms with Crippen molar-refractivity contribution in [1.82, 2.24) is 0 Å². The minimum absolute atomic E-state index is 0.0766. The van der Waals surface area contributed by atoms with Crippen molar-refractivity contribution in [3.8, 4) is 0 Å². The van der Waals surface area contributed by atoms with Crippen LogP contribution >= 0.6 is 0 Å². The van der Waals surface area contributed by atoms with E-state index in [-0.39, 0.29) is 25.2 Å². The molecule has 0 saturated heterocycles. The average molecular weight is 841 g/mol. The molecular weight excluding hydrogens is 741 g/mol. The fourth-order valence-electron chi connectivity index (χ4n) is 7.40. The lowest BCUT2D eigenvalue weighted by molar-refractivity contribution is -0.163. The average Bonchev–Trinajstić information content (AvgIpc) is 3.25. The van der Waals surface area contributed by atoms with Gasteiger partial charge < -0.3 is 14.2 Å². The van der Waals surface area contributed by atoms with Gasteiger partial charge in [-0.15, -0.1) is 0 Å². The molecule has 0 aliphatic heterocycles. The molecule has 0 bridgehead atoms. The Hall–Kier alpha value is -2.14. The summed E-state index contributed by atoms with van der Waals surface area (Å²) in [6.07, 6.45) is 62.5. The Morgan fingerprint density at radius 3 is 1.20 bits per heavy atom. The summed E-state index contributed by atoms with van der Waals surface area (Å²) in [6.45, 7) is 7.74. The van der Waals surface area contributed by atoms with Crippen LogP contribution in [0.4, 0.5) is 0 Å². The molecule has 0 rings (SSSR count). The van der Waals surface area contributed by atoms with Gasteiger partial charge in [0.2, 0.25) is 0 Å². The van der Waals surface area contributed by atoms with Crippen molar-refractivity contribution in [2.45, 2.75) is 271 Å². The lowest BCUT2D eigenvalue weighted by Gasteiger charge is -2.18. The molecule has 0 aromatic rings. The van der Waals surface area contributed by atoms with Crippen molar-refractivity contribution in [3.63, 3.8) is 0 Å². The first-order chi connectivity index (χ1) is 29.6. The summed E-state index contributed by atoms with van der Waals surface area (Å²) >= 11 is 0. The Balaban J connectivity index is 4.28. The third-order valence-corrected chi connectivity index (χ3v) is 11.3. The van der Waals surface area contributed by atoms with Gasteiger partial charge in [-0.05, 0) is 77.0 Å². The van der Waals surface area contributed by atoms with Crippen LogP contribution in [0.3, 0.4) is 0 Å². The Morgan fingerprint density at radius 2 is 0.733 bits per heavy atom. The van der Waals surface area contributed by atoms with Crippen molar-refractivity contribution in [1.29, 1.82) is 0 Å². The van der Waals surface area contributed by atoms with Crippen LogP contribution in [0, 0.1) is 0 Å². The predicted octanol–water partition coefficient (Wildman–Crippen LogP) is 17.6. The Labute approximate surface area is 373 Å². The minimum Gasteiger partial charge on any atom is -0.462 e. The van der Waals surface area contributed by atoms with E-state index < -0.39 is 6.10 Å². The van der Waals surface area contributed by atoms with Gasteiger partial charge in [0.15, 0.2) is 6.10 Å². The first-order valence-corrected chi connectivity index (χ1v) is 26.2. The van der Waals surface area contributed by atoms with Crippen LogP contribution in [0.1, 0.15) is 265 Å². The number of hydrogen-bond acceptors (Lipinski definition) is 5. The molecule has 350 valence electrons. The number of carbonyl (C=O) groups excluding carboxylic acids is 2. The van der Waals surface area contributed by atoms with E-state index in [1.807, 2.05) is 0 Å². The van der Waals surface area contributed by atoms with Crippen molar-refractivity contribution >= 4 is 11.9 Å². The van der Waals surface area contributed by atoms with Gasteiger partial charge in [-0.2, -0.15) is 0 Å². The van der Waals surface area contributed by atoms with Crippen molar-refractivity contribution in [3.05, 3.63) is 48.6 Å². The zero-order valence-electron chi connectivity index (χ0n) is 40.2. The number of hydrogen-bond donors (Lipinski definition) is 0. The second-order valence-electron chi connectivity index (χ2n) is 17.4. The molecule has 0 fully saturated rings. The lowest BCUT2D eigenvalue weighted by Crippen LogP contribution is -2.30. The molecule has 0 aliphatic rings. The maximum Gasteiger partial charge on any atom is 0.306 e. The Morgan fingerprint density at radius 1 is 0.367 bits per heavy atom. The normalized spacial score (nSPS) is 12.5. The van der Waals surface area contributed by atoms with Crippen LogP contribution in [0.15, 0.2) is 48.6 Å². The fraction of sp³-hybridized carbons (Fsp3) is 0.818. The van der Waals surface area contributed by atoms with Crippen LogP contribution in [-0.4, -0.2) is 37.9 Å². The summed E-state index contributed by atoms with van der Waals surface area (Å²) in [4.78, 5) is 25.4. The summed E-state index contributed by atoms with van der Waals surface area (Å²) in [7, 11) is 0. The van der Waals surface area contributed by atoms with Crippen molar-refractivity contribution in [2.24, 2.45) is 0 Å². The lowest BCUT2D eigenvalue weighted by atomic mass is 10.0. The Bertz CT molecular complexity index is 997. The maximum atomic E-state index is 12.8. The highest BCUT2D eigenvalue weighted by Gasteiger charge is 2.17. The van der Waals surface area contributed by atoms with E-state index >= 15 is 0 Å². The monoisotopic (exact) mass is 841 g/mol. The largest absolute Gasteiger partial charge is 0.462 e. The first-order valence-electron chi connectivity index (χ1n) is 26.2. The summed E-state index contributed by atoms with van der Waals surface area (Å²) in [5.41, 5.74) is 0. The van der Waals surface area contributed by atoms with Gasteiger partial charge in [0.25, 0.3) is 0 Å². The molecular formula is C55H100O5. The fourth-order valence-corrected chi connectivity index (χ4v) is 7.40. The summed E-state index contributed by atoms with van der Waals surface area (Å²) in [6, 6.07) is 0. The van der Waals surface area contributed by atoms with E-state index in [2.05, 4.69) is 69.4 Å². The molecule has 5 nitrogen and oxygen atoms in total. The zero-order chi connectivity index (χ0) is 43.5. The van der Waals surface area contributed by atoms with Gasteiger partial charge in [-0.3, -0.25) is 9.59 Å². The quantitative estimate of drug-likeness (QED) is 0.0347. The van der Waals surface area contributed by atoms with Crippen LogP contribution < -0.4 is 0 Å². The van der Waals surface area contributed by atoms with Gasteiger partial charge in [0, 0.05) is 19.4 Å². The van der Waals surface area contributed by atoms with E-state index in [1.165, 1.54) is 167 Å². The second kappa shape index (κ2) is 51.2. The summed E-state index contributed by atoms with van der Waals surface area (Å²) in [5.74, 6) is -0.408. The van der Waals surface area contributed by atoms with Crippen LogP contribution in [-0.2, 0) is 23.8 Å². The number of unbranched alkanes of at least 4 members (excludes halogenated alkanes) is 29. The van der Waals surface area contributed by atoms with Gasteiger partial charge in [-0.25, -0.2) is 0 Å². The number of ether oxygens (including phenoxy) is 3. The van der Waals surface area contributed by atoms with E-state index in [1.54, 1.807) is 0 Å². The number of rotatable bonds is 48. The van der Waals surface area contributed by atoms with Crippen molar-refractivity contribution in [2.75, 3.05) is 19.8 Å². The molecule has 5 heteroatoms.